The van der Waals surface area contributed by atoms with Gasteiger partial charge < -0.3 is 15.0 Å². The molecule has 92 valence electrons. The van der Waals surface area contributed by atoms with Gasteiger partial charge in [-0.1, -0.05) is 13.8 Å². The Labute approximate surface area is 97.0 Å². The molecule has 0 radical (unpaired) electrons. The highest BCUT2D eigenvalue weighted by atomic mass is 16.5. The Kier molecular flexibility index (Phi) is 4.44. The van der Waals surface area contributed by atoms with Crippen molar-refractivity contribution in [2.75, 3.05) is 6.54 Å². The van der Waals surface area contributed by atoms with E-state index in [1.54, 1.807) is 0 Å². The van der Waals surface area contributed by atoms with E-state index >= 15 is 0 Å². The van der Waals surface area contributed by atoms with Crippen LogP contribution in [0.4, 0.5) is 0 Å². The van der Waals surface area contributed by atoms with Crippen LogP contribution in [0.2, 0.25) is 0 Å². The minimum absolute atomic E-state index is 0.222. The molecule has 5 heteroatoms. The quantitative estimate of drug-likeness (QED) is 0.790. The zero-order chi connectivity index (χ0) is 12.2. The lowest BCUT2D eigenvalue weighted by Gasteiger charge is -2.30. The van der Waals surface area contributed by atoms with Gasteiger partial charge in [0.15, 0.2) is 5.82 Å². The van der Waals surface area contributed by atoms with E-state index in [9.17, 15) is 0 Å². The summed E-state index contributed by atoms with van der Waals surface area (Å²) in [4.78, 5) is 0. The smallest absolute Gasteiger partial charge is 0.158 e. The molecule has 2 N–H and O–H groups in total. The number of ether oxygens (including phenoxy) is 1. The predicted octanol–water partition coefficient (Wildman–Crippen LogP) is 1.16. The molecule has 0 atom stereocenters. The number of nitrogens with two attached hydrogens (primary N) is 1. The van der Waals surface area contributed by atoms with E-state index in [2.05, 4.69) is 24.0 Å². The van der Waals surface area contributed by atoms with Gasteiger partial charge in [-0.05, 0) is 19.8 Å². The number of rotatable bonds is 6. The predicted molar refractivity (Wildman–Crippen MR) is 62.9 cm³/mol. The Morgan fingerprint density at radius 3 is 2.31 bits per heavy atom. The van der Waals surface area contributed by atoms with Crippen LogP contribution in [0.5, 0.6) is 0 Å². The van der Waals surface area contributed by atoms with Gasteiger partial charge in [0.2, 0.25) is 0 Å². The maximum Gasteiger partial charge on any atom is 0.158 e. The lowest BCUT2D eigenvalue weighted by atomic mass is 9.97. The summed E-state index contributed by atoms with van der Waals surface area (Å²) in [6, 6.07) is 0. The summed E-state index contributed by atoms with van der Waals surface area (Å²) in [6.45, 7) is 7.12. The largest absolute Gasteiger partial charge is 0.366 e. The summed E-state index contributed by atoms with van der Waals surface area (Å²) in [6.07, 6.45) is 1.83. The molecular formula is C11H22N4O. The standard InChI is InChI=1S/C11H22N4O/c1-5-11(6-2,8-12)16-7-10-14-13-9(3)15(10)4/h5-8,12H2,1-4H3. The zero-order valence-electron chi connectivity index (χ0n) is 10.7. The first-order chi connectivity index (χ1) is 7.58. The van der Waals surface area contributed by atoms with Gasteiger partial charge in [0.05, 0.1) is 5.60 Å². The minimum Gasteiger partial charge on any atom is -0.366 e. The molecule has 0 aliphatic carbocycles. The van der Waals surface area contributed by atoms with E-state index in [0.29, 0.717) is 13.2 Å². The molecule has 1 rings (SSSR count). The van der Waals surface area contributed by atoms with Crippen LogP contribution in [-0.4, -0.2) is 26.9 Å². The highest BCUT2D eigenvalue weighted by molar-refractivity contribution is 4.91. The van der Waals surface area contributed by atoms with E-state index in [1.165, 1.54) is 0 Å². The molecule has 16 heavy (non-hydrogen) atoms. The van der Waals surface area contributed by atoms with Crippen molar-refractivity contribution in [3.63, 3.8) is 0 Å². The van der Waals surface area contributed by atoms with Crippen LogP contribution in [0.3, 0.4) is 0 Å². The van der Waals surface area contributed by atoms with Crippen LogP contribution in [0.15, 0.2) is 0 Å². The maximum atomic E-state index is 5.91. The summed E-state index contributed by atoms with van der Waals surface area (Å²) >= 11 is 0. The van der Waals surface area contributed by atoms with Crippen LogP contribution < -0.4 is 5.73 Å². The molecule has 0 bridgehead atoms. The van der Waals surface area contributed by atoms with E-state index in [-0.39, 0.29) is 5.60 Å². The first-order valence-electron chi connectivity index (χ1n) is 5.77. The average Bonchev–Trinajstić information content (AvgIpc) is 2.63. The summed E-state index contributed by atoms with van der Waals surface area (Å²) in [7, 11) is 1.94. The Hall–Kier alpha value is -0.940. The van der Waals surface area contributed by atoms with Crippen molar-refractivity contribution in [3.05, 3.63) is 11.6 Å². The fourth-order valence-corrected chi connectivity index (χ4v) is 1.60. The number of hydrogen-bond acceptors (Lipinski definition) is 4. The fraction of sp³-hybridized carbons (Fsp3) is 0.818. The normalized spacial score (nSPS) is 12.1. The molecule has 5 nitrogen and oxygen atoms in total. The van der Waals surface area contributed by atoms with Gasteiger partial charge in [0, 0.05) is 13.6 Å². The van der Waals surface area contributed by atoms with Gasteiger partial charge in [-0.15, -0.1) is 10.2 Å². The number of aryl methyl sites for hydroxylation is 1. The highest BCUT2D eigenvalue weighted by Gasteiger charge is 2.25. The second kappa shape index (κ2) is 5.41. The van der Waals surface area contributed by atoms with Crippen LogP contribution in [0.25, 0.3) is 0 Å². The molecule has 0 saturated heterocycles. The summed E-state index contributed by atoms with van der Waals surface area (Å²) in [5, 5.41) is 8.06. The Morgan fingerprint density at radius 2 is 1.94 bits per heavy atom. The molecule has 1 aromatic heterocycles. The van der Waals surface area contributed by atoms with Crippen molar-refractivity contribution in [2.45, 2.75) is 45.8 Å². The molecule has 0 saturated carbocycles. The van der Waals surface area contributed by atoms with Gasteiger partial charge in [-0.25, -0.2) is 0 Å². The second-order valence-electron chi connectivity index (χ2n) is 4.11. The molecule has 0 fully saturated rings. The van der Waals surface area contributed by atoms with Crippen molar-refractivity contribution in [2.24, 2.45) is 12.8 Å². The Morgan fingerprint density at radius 1 is 1.31 bits per heavy atom. The van der Waals surface area contributed by atoms with Gasteiger partial charge >= 0.3 is 0 Å². The van der Waals surface area contributed by atoms with Crippen LogP contribution in [-0.2, 0) is 18.4 Å². The topological polar surface area (TPSA) is 66.0 Å². The second-order valence-corrected chi connectivity index (χ2v) is 4.11. The van der Waals surface area contributed by atoms with Crippen LogP contribution >= 0.6 is 0 Å². The minimum atomic E-state index is -0.222. The van der Waals surface area contributed by atoms with Gasteiger partial charge in [-0.2, -0.15) is 0 Å². The van der Waals surface area contributed by atoms with Crippen LogP contribution in [0, 0.1) is 6.92 Å². The van der Waals surface area contributed by atoms with E-state index < -0.39 is 0 Å². The molecule has 0 aliphatic heterocycles. The van der Waals surface area contributed by atoms with Crippen LogP contribution in [0.1, 0.15) is 38.3 Å². The summed E-state index contributed by atoms with van der Waals surface area (Å²) < 4.78 is 7.85. The maximum absolute atomic E-state index is 5.91. The first kappa shape index (κ1) is 13.1. The molecule has 0 aromatic carbocycles. The lowest BCUT2D eigenvalue weighted by Crippen LogP contribution is -2.39. The fourth-order valence-electron chi connectivity index (χ4n) is 1.60. The molecule has 0 aliphatic rings. The van der Waals surface area contributed by atoms with E-state index in [1.807, 2.05) is 18.5 Å². The molecule has 0 spiro atoms. The molecule has 1 heterocycles. The monoisotopic (exact) mass is 226 g/mol. The van der Waals surface area contributed by atoms with Gasteiger partial charge in [0.25, 0.3) is 0 Å². The summed E-state index contributed by atoms with van der Waals surface area (Å²) in [5.41, 5.74) is 5.55. The number of aromatic nitrogens is 3. The number of nitrogens with zero attached hydrogens (tertiary/aromatic N) is 3. The van der Waals surface area contributed by atoms with E-state index in [4.69, 9.17) is 10.5 Å². The van der Waals surface area contributed by atoms with Crippen molar-refractivity contribution in [3.8, 4) is 0 Å². The third kappa shape index (κ3) is 2.59. The average molecular weight is 226 g/mol. The van der Waals surface area contributed by atoms with Gasteiger partial charge in [0.1, 0.15) is 12.4 Å². The molecule has 1 aromatic rings. The third-order valence-corrected chi connectivity index (χ3v) is 3.35. The lowest BCUT2D eigenvalue weighted by molar-refractivity contribution is -0.0587. The first-order valence-corrected chi connectivity index (χ1v) is 5.77. The van der Waals surface area contributed by atoms with Crippen molar-refractivity contribution < 1.29 is 4.74 Å². The number of hydrogen-bond donors (Lipinski definition) is 1. The van der Waals surface area contributed by atoms with Crippen molar-refractivity contribution >= 4 is 0 Å². The Balaban J connectivity index is 2.66. The van der Waals surface area contributed by atoms with Gasteiger partial charge in [-0.3, -0.25) is 0 Å². The molecular weight excluding hydrogens is 204 g/mol. The summed E-state index contributed by atoms with van der Waals surface area (Å²) in [5.74, 6) is 1.74. The molecule has 0 amide bonds. The highest BCUT2D eigenvalue weighted by Crippen LogP contribution is 2.20. The van der Waals surface area contributed by atoms with Crippen molar-refractivity contribution in [1.29, 1.82) is 0 Å². The SMILES string of the molecule is CCC(CC)(CN)OCc1nnc(C)n1C. The zero-order valence-corrected chi connectivity index (χ0v) is 10.7. The third-order valence-electron chi connectivity index (χ3n) is 3.35. The molecule has 0 unspecified atom stereocenters. The van der Waals surface area contributed by atoms with E-state index in [0.717, 1.165) is 24.5 Å². The Bertz CT molecular complexity index is 322. The van der Waals surface area contributed by atoms with Crippen molar-refractivity contribution in [1.82, 2.24) is 14.8 Å².